The molecule has 2 saturated heterocycles. The average molecular weight is 495 g/mol. The summed E-state index contributed by atoms with van der Waals surface area (Å²) in [5.41, 5.74) is 1.48. The minimum Gasteiger partial charge on any atom is -0.406 e. The van der Waals surface area contributed by atoms with Gasteiger partial charge in [0.05, 0.1) is 12.7 Å². The maximum absolute atomic E-state index is 12.8. The number of nitrogens with one attached hydrogen (secondary N) is 1. The third-order valence-corrected chi connectivity index (χ3v) is 6.71. The lowest BCUT2D eigenvalue weighted by Gasteiger charge is -2.25. The van der Waals surface area contributed by atoms with E-state index in [1.807, 2.05) is 9.80 Å². The van der Waals surface area contributed by atoms with Crippen LogP contribution in [0.5, 0.6) is 5.75 Å². The fraction of sp³-hybridized carbons (Fsp3) is 0.565. The fourth-order valence-electron chi connectivity index (χ4n) is 4.87. The maximum Gasteiger partial charge on any atom is 0.573 e. The molecule has 9 nitrogen and oxygen atoms in total. The number of ether oxygens (including phenoxy) is 1. The summed E-state index contributed by atoms with van der Waals surface area (Å²) in [5.74, 6) is 0.487. The molecule has 1 aromatic carbocycles. The van der Waals surface area contributed by atoms with E-state index in [0.717, 1.165) is 18.4 Å². The molecule has 2 atom stereocenters. The number of carbonyl (C=O) groups excluding carboxylic acids is 2. The lowest BCUT2D eigenvalue weighted by Crippen LogP contribution is -2.40. The van der Waals surface area contributed by atoms with Gasteiger partial charge in [0, 0.05) is 39.6 Å². The summed E-state index contributed by atoms with van der Waals surface area (Å²) < 4.78 is 40.7. The monoisotopic (exact) mass is 494 g/mol. The Bertz CT molecular complexity index is 983. The van der Waals surface area contributed by atoms with E-state index in [-0.39, 0.29) is 17.7 Å². The molecule has 2 aliphatic heterocycles. The van der Waals surface area contributed by atoms with Crippen LogP contribution in [0.4, 0.5) is 18.0 Å². The number of benzene rings is 1. The van der Waals surface area contributed by atoms with Gasteiger partial charge in [0.2, 0.25) is 5.91 Å². The first-order chi connectivity index (χ1) is 16.7. The highest BCUT2D eigenvalue weighted by Crippen LogP contribution is 2.32. The Morgan fingerprint density at radius 1 is 1.11 bits per heavy atom. The number of carbonyl (C=O) groups is 2. The number of hydrogen-bond acceptors (Lipinski definition) is 5. The molecule has 2 aliphatic rings. The Morgan fingerprint density at radius 3 is 2.34 bits per heavy atom. The molecule has 0 aliphatic carbocycles. The molecular formula is C23H29F3N6O3. The van der Waals surface area contributed by atoms with E-state index < -0.39 is 6.36 Å². The highest BCUT2D eigenvalue weighted by atomic mass is 19.4. The normalized spacial score (nSPS) is 20.3. The van der Waals surface area contributed by atoms with E-state index in [4.69, 9.17) is 0 Å². The Balaban J connectivity index is 1.22. The number of alkyl halides is 3. The first-order valence-corrected chi connectivity index (χ1v) is 11.6. The smallest absolute Gasteiger partial charge is 0.406 e. The van der Waals surface area contributed by atoms with E-state index in [1.54, 1.807) is 30.3 Å². The molecule has 4 rings (SSSR count). The van der Waals surface area contributed by atoms with Gasteiger partial charge in [-0.15, -0.1) is 13.2 Å². The van der Waals surface area contributed by atoms with Gasteiger partial charge in [-0.05, 0) is 48.8 Å². The number of amides is 3. The minimum absolute atomic E-state index is 0.0272. The summed E-state index contributed by atoms with van der Waals surface area (Å²) in [5, 5.41) is 10.3. The van der Waals surface area contributed by atoms with Crippen molar-refractivity contribution >= 4 is 11.9 Å². The molecule has 1 aromatic heterocycles. The number of urea groups is 1. The van der Waals surface area contributed by atoms with Crippen molar-refractivity contribution in [2.45, 2.75) is 38.6 Å². The third-order valence-electron chi connectivity index (χ3n) is 6.71. The van der Waals surface area contributed by atoms with Crippen LogP contribution in [0.25, 0.3) is 0 Å². The van der Waals surface area contributed by atoms with Gasteiger partial charge in [-0.3, -0.25) is 4.79 Å². The van der Waals surface area contributed by atoms with E-state index in [1.165, 1.54) is 12.1 Å². The van der Waals surface area contributed by atoms with Crippen molar-refractivity contribution in [1.29, 1.82) is 0 Å². The average Bonchev–Trinajstić information content (AvgIpc) is 3.42. The van der Waals surface area contributed by atoms with Crippen LogP contribution in [0.3, 0.4) is 0 Å². The number of likely N-dealkylation sites (tertiary alicyclic amines) is 2. The van der Waals surface area contributed by atoms with Crippen LogP contribution in [0, 0.1) is 11.8 Å². The minimum atomic E-state index is -4.72. The first-order valence-electron chi connectivity index (χ1n) is 11.6. The quantitative estimate of drug-likeness (QED) is 0.666. The Hall–Kier alpha value is -3.31. The van der Waals surface area contributed by atoms with Crippen LogP contribution in [-0.2, 0) is 17.8 Å². The molecule has 3 amide bonds. The van der Waals surface area contributed by atoms with Crippen molar-refractivity contribution < 1.29 is 27.5 Å². The number of aryl methyl sites for hydroxylation is 1. The van der Waals surface area contributed by atoms with Crippen molar-refractivity contribution in [3.8, 4) is 5.75 Å². The second-order valence-electron chi connectivity index (χ2n) is 9.18. The second-order valence-corrected chi connectivity index (χ2v) is 9.18. The molecule has 35 heavy (non-hydrogen) atoms. The van der Waals surface area contributed by atoms with Gasteiger partial charge in [-0.25, -0.2) is 4.79 Å². The number of aromatic amines is 1. The van der Waals surface area contributed by atoms with Crippen LogP contribution in [0.15, 0.2) is 30.5 Å². The van der Waals surface area contributed by atoms with Gasteiger partial charge >= 0.3 is 12.4 Å². The summed E-state index contributed by atoms with van der Waals surface area (Å²) in [7, 11) is 1.75. The topological polar surface area (TPSA) is 94.7 Å². The number of aromatic nitrogens is 3. The SMILES string of the molecule is CN(Cc1cn[nH]n1)C(=O)N1CC2CCN(C(=O)CCc3ccc(OC(F)(F)F)cc3)CC[C@@H]2C1. The van der Waals surface area contributed by atoms with Crippen molar-refractivity contribution in [2.24, 2.45) is 11.8 Å². The zero-order valence-corrected chi connectivity index (χ0v) is 19.5. The van der Waals surface area contributed by atoms with Gasteiger partial charge in [-0.2, -0.15) is 15.4 Å². The van der Waals surface area contributed by atoms with Gasteiger partial charge in [0.1, 0.15) is 11.4 Å². The number of fused-ring (bicyclic) bond motifs is 1. The van der Waals surface area contributed by atoms with E-state index in [0.29, 0.717) is 63.1 Å². The Kier molecular flexibility index (Phi) is 7.46. The molecule has 3 heterocycles. The van der Waals surface area contributed by atoms with E-state index in [2.05, 4.69) is 20.1 Å². The maximum atomic E-state index is 12.8. The molecule has 0 spiro atoms. The summed E-state index contributed by atoms with van der Waals surface area (Å²) in [6, 6.07) is 5.59. The predicted molar refractivity (Wildman–Crippen MR) is 119 cm³/mol. The van der Waals surface area contributed by atoms with Gasteiger partial charge in [-0.1, -0.05) is 12.1 Å². The van der Waals surface area contributed by atoms with Crippen LogP contribution in [-0.4, -0.2) is 81.6 Å². The van der Waals surface area contributed by atoms with Gasteiger partial charge in [0.25, 0.3) is 0 Å². The van der Waals surface area contributed by atoms with Crippen LogP contribution < -0.4 is 4.74 Å². The number of nitrogens with zero attached hydrogens (tertiary/aromatic N) is 5. The van der Waals surface area contributed by atoms with Crippen molar-refractivity contribution in [3.63, 3.8) is 0 Å². The zero-order chi connectivity index (χ0) is 25.0. The second kappa shape index (κ2) is 10.5. The molecule has 12 heteroatoms. The summed E-state index contributed by atoms with van der Waals surface area (Å²) >= 11 is 0. The van der Waals surface area contributed by atoms with Crippen LogP contribution in [0.2, 0.25) is 0 Å². The van der Waals surface area contributed by atoms with Gasteiger partial charge in [0.15, 0.2) is 0 Å². The molecule has 190 valence electrons. The predicted octanol–water partition coefficient (Wildman–Crippen LogP) is 3.06. The number of H-pyrrole nitrogens is 1. The zero-order valence-electron chi connectivity index (χ0n) is 19.5. The van der Waals surface area contributed by atoms with E-state index in [9.17, 15) is 22.8 Å². The molecule has 1 N–H and O–H groups in total. The molecular weight excluding hydrogens is 465 g/mol. The first kappa shape index (κ1) is 24.8. The van der Waals surface area contributed by atoms with Crippen molar-refractivity contribution in [3.05, 3.63) is 41.7 Å². The lowest BCUT2D eigenvalue weighted by atomic mass is 9.92. The largest absolute Gasteiger partial charge is 0.573 e. The van der Waals surface area contributed by atoms with Crippen LogP contribution >= 0.6 is 0 Å². The summed E-state index contributed by atoms with van der Waals surface area (Å²) in [4.78, 5) is 31.0. The van der Waals surface area contributed by atoms with E-state index >= 15 is 0 Å². The molecule has 2 fully saturated rings. The number of halogens is 3. The Morgan fingerprint density at radius 2 is 1.77 bits per heavy atom. The highest BCUT2D eigenvalue weighted by molar-refractivity contribution is 5.76. The van der Waals surface area contributed by atoms with Gasteiger partial charge < -0.3 is 19.4 Å². The third kappa shape index (κ3) is 6.64. The molecule has 1 unspecified atom stereocenters. The lowest BCUT2D eigenvalue weighted by molar-refractivity contribution is -0.274. The molecule has 0 bridgehead atoms. The Labute approximate surface area is 201 Å². The summed E-state index contributed by atoms with van der Waals surface area (Å²) in [6.45, 7) is 3.05. The van der Waals surface area contributed by atoms with Crippen LogP contribution in [0.1, 0.15) is 30.5 Å². The standard InChI is InChI=1S/C23H29F3N6O3/c1-30(15-19-12-27-29-28-19)22(34)32-13-17-8-10-31(11-9-18(17)14-32)21(33)7-4-16-2-5-20(6-3-16)35-23(24,25)26/h2-3,5-6,12,17-18H,4,7-11,13-15H2,1H3,(H,27,28,29)/t17-,18?/m1/s1. The molecule has 0 radical (unpaired) electrons. The number of hydrogen-bond donors (Lipinski definition) is 1. The van der Waals surface area contributed by atoms with Crippen molar-refractivity contribution in [1.82, 2.24) is 30.1 Å². The molecule has 2 aromatic rings. The fourth-order valence-corrected chi connectivity index (χ4v) is 4.87. The molecule has 0 saturated carbocycles. The summed E-state index contributed by atoms with van der Waals surface area (Å²) in [6.07, 6.45) is -0.685. The highest BCUT2D eigenvalue weighted by Gasteiger charge is 2.38. The number of rotatable bonds is 6. The van der Waals surface area contributed by atoms with Crippen molar-refractivity contribution in [2.75, 3.05) is 33.2 Å².